The van der Waals surface area contributed by atoms with Crippen LogP contribution in [0.2, 0.25) is 0 Å². The number of carbonyl (C=O) groups is 1. The Morgan fingerprint density at radius 1 is 1.47 bits per heavy atom. The zero-order valence-electron chi connectivity index (χ0n) is 8.32. The maximum Gasteiger partial charge on any atom is 0.373 e. The Labute approximate surface area is 86.6 Å². The molecule has 0 radical (unpaired) electrons. The molecule has 1 heterocycles. The summed E-state index contributed by atoms with van der Waals surface area (Å²) in [6.45, 7) is 0.449. The van der Waals surface area contributed by atoms with Crippen LogP contribution in [0.25, 0.3) is 11.0 Å². The van der Waals surface area contributed by atoms with E-state index in [1.807, 2.05) is 18.2 Å². The highest BCUT2D eigenvalue weighted by Gasteiger charge is 2.11. The van der Waals surface area contributed by atoms with Crippen molar-refractivity contribution in [3.63, 3.8) is 0 Å². The van der Waals surface area contributed by atoms with Crippen LogP contribution in [0.3, 0.4) is 0 Å². The van der Waals surface area contributed by atoms with Gasteiger partial charge in [0.15, 0.2) is 0 Å². The fraction of sp³-hybridized carbons (Fsp3) is 0.182. The fourth-order valence-electron chi connectivity index (χ4n) is 1.40. The molecule has 4 nitrogen and oxygen atoms in total. The number of nitrogens with two attached hydrogens (primary N) is 1. The molecule has 0 fully saturated rings. The van der Waals surface area contributed by atoms with E-state index in [2.05, 4.69) is 4.74 Å². The van der Waals surface area contributed by atoms with Crippen LogP contribution in [0.15, 0.2) is 28.7 Å². The zero-order chi connectivity index (χ0) is 10.8. The smallest absolute Gasteiger partial charge is 0.373 e. The molecule has 2 aromatic rings. The van der Waals surface area contributed by atoms with Crippen molar-refractivity contribution in [3.8, 4) is 0 Å². The van der Waals surface area contributed by atoms with E-state index in [1.165, 1.54) is 7.11 Å². The van der Waals surface area contributed by atoms with Crippen molar-refractivity contribution in [1.82, 2.24) is 0 Å². The minimum Gasteiger partial charge on any atom is -0.463 e. The summed E-state index contributed by atoms with van der Waals surface area (Å²) < 4.78 is 9.90. The van der Waals surface area contributed by atoms with Crippen molar-refractivity contribution in [2.75, 3.05) is 7.11 Å². The number of methoxy groups -OCH3 is 1. The van der Waals surface area contributed by atoms with Gasteiger partial charge in [0.05, 0.1) is 7.11 Å². The molecule has 0 amide bonds. The van der Waals surface area contributed by atoms with E-state index in [1.54, 1.807) is 6.07 Å². The summed E-state index contributed by atoms with van der Waals surface area (Å²) in [5.41, 5.74) is 7.12. The van der Waals surface area contributed by atoms with E-state index in [0.29, 0.717) is 12.1 Å². The highest BCUT2D eigenvalue weighted by Crippen LogP contribution is 2.21. The highest BCUT2D eigenvalue weighted by molar-refractivity contribution is 5.92. The number of ether oxygens (including phenoxy) is 1. The predicted molar refractivity (Wildman–Crippen MR) is 55.4 cm³/mol. The quantitative estimate of drug-likeness (QED) is 0.757. The Balaban J connectivity index is 2.51. The summed E-state index contributed by atoms with van der Waals surface area (Å²) in [5, 5.41) is 0.868. The van der Waals surface area contributed by atoms with Gasteiger partial charge in [0, 0.05) is 11.9 Å². The molecule has 4 heteroatoms. The molecule has 0 aliphatic rings. The van der Waals surface area contributed by atoms with Gasteiger partial charge in [-0.2, -0.15) is 0 Å². The Morgan fingerprint density at radius 2 is 2.27 bits per heavy atom. The van der Waals surface area contributed by atoms with Crippen LogP contribution in [0.5, 0.6) is 0 Å². The van der Waals surface area contributed by atoms with E-state index in [-0.39, 0.29) is 5.76 Å². The van der Waals surface area contributed by atoms with Gasteiger partial charge in [-0.3, -0.25) is 0 Å². The monoisotopic (exact) mass is 205 g/mol. The minimum absolute atomic E-state index is 0.210. The van der Waals surface area contributed by atoms with Gasteiger partial charge in [-0.15, -0.1) is 0 Å². The third-order valence-electron chi connectivity index (χ3n) is 2.21. The fourth-order valence-corrected chi connectivity index (χ4v) is 1.40. The van der Waals surface area contributed by atoms with Crippen molar-refractivity contribution in [1.29, 1.82) is 0 Å². The number of carbonyl (C=O) groups excluding carboxylic acids is 1. The second-order valence-corrected chi connectivity index (χ2v) is 3.18. The van der Waals surface area contributed by atoms with Gasteiger partial charge in [-0.1, -0.05) is 12.1 Å². The Bertz CT molecular complexity index is 502. The van der Waals surface area contributed by atoms with Crippen LogP contribution in [-0.4, -0.2) is 13.1 Å². The van der Waals surface area contributed by atoms with Crippen LogP contribution < -0.4 is 5.73 Å². The molecular weight excluding hydrogens is 194 g/mol. The average Bonchev–Trinajstić information content (AvgIpc) is 2.70. The first-order chi connectivity index (χ1) is 7.24. The van der Waals surface area contributed by atoms with E-state index in [9.17, 15) is 4.79 Å². The maximum absolute atomic E-state index is 11.2. The summed E-state index contributed by atoms with van der Waals surface area (Å²) in [4.78, 5) is 11.2. The molecule has 1 aromatic carbocycles. The molecule has 1 aromatic heterocycles. The van der Waals surface area contributed by atoms with Gasteiger partial charge >= 0.3 is 5.97 Å². The van der Waals surface area contributed by atoms with Crippen LogP contribution in [0, 0.1) is 0 Å². The van der Waals surface area contributed by atoms with Gasteiger partial charge in [0.1, 0.15) is 5.58 Å². The van der Waals surface area contributed by atoms with Crippen LogP contribution >= 0.6 is 0 Å². The van der Waals surface area contributed by atoms with Crippen molar-refractivity contribution in [3.05, 3.63) is 35.6 Å². The number of hydrogen-bond acceptors (Lipinski definition) is 4. The van der Waals surface area contributed by atoms with Crippen LogP contribution in [-0.2, 0) is 11.3 Å². The predicted octanol–water partition coefficient (Wildman–Crippen LogP) is 1.68. The third-order valence-corrected chi connectivity index (χ3v) is 2.21. The van der Waals surface area contributed by atoms with E-state index in [4.69, 9.17) is 10.2 Å². The first-order valence-electron chi connectivity index (χ1n) is 4.55. The standard InChI is InChI=1S/C11H11NO3/c1-14-11(13)10-5-8-3-2-7(6-12)4-9(8)15-10/h2-5H,6,12H2,1H3. The molecule has 15 heavy (non-hydrogen) atoms. The molecule has 2 rings (SSSR count). The lowest BCUT2D eigenvalue weighted by Gasteiger charge is -1.94. The lowest BCUT2D eigenvalue weighted by molar-refractivity contribution is 0.0567. The summed E-state index contributed by atoms with van der Waals surface area (Å²) in [7, 11) is 1.32. The maximum atomic E-state index is 11.2. The van der Waals surface area contributed by atoms with Crippen molar-refractivity contribution in [2.24, 2.45) is 5.73 Å². The number of esters is 1. The second kappa shape index (κ2) is 3.74. The number of rotatable bonds is 2. The largest absolute Gasteiger partial charge is 0.463 e. The zero-order valence-corrected chi connectivity index (χ0v) is 8.32. The van der Waals surface area contributed by atoms with Gasteiger partial charge < -0.3 is 14.9 Å². The number of furan rings is 1. The SMILES string of the molecule is COC(=O)c1cc2ccc(CN)cc2o1. The second-order valence-electron chi connectivity index (χ2n) is 3.18. The normalized spacial score (nSPS) is 10.5. The van der Waals surface area contributed by atoms with E-state index in [0.717, 1.165) is 10.9 Å². The first-order valence-corrected chi connectivity index (χ1v) is 4.55. The molecular formula is C11H11NO3. The third kappa shape index (κ3) is 1.71. The van der Waals surface area contributed by atoms with Crippen LogP contribution in [0.1, 0.15) is 16.1 Å². The van der Waals surface area contributed by atoms with Crippen molar-refractivity contribution in [2.45, 2.75) is 6.54 Å². The lowest BCUT2D eigenvalue weighted by Crippen LogP contribution is -1.97. The molecule has 0 aliphatic carbocycles. The molecule has 0 saturated carbocycles. The molecule has 0 saturated heterocycles. The molecule has 0 bridgehead atoms. The summed E-state index contributed by atoms with van der Waals surface area (Å²) in [6.07, 6.45) is 0. The van der Waals surface area contributed by atoms with E-state index < -0.39 is 5.97 Å². The van der Waals surface area contributed by atoms with Gasteiger partial charge in [-0.25, -0.2) is 4.79 Å². The Morgan fingerprint density at radius 3 is 2.93 bits per heavy atom. The van der Waals surface area contributed by atoms with Gasteiger partial charge in [-0.05, 0) is 17.7 Å². The van der Waals surface area contributed by atoms with Gasteiger partial charge in [0.25, 0.3) is 0 Å². The number of benzene rings is 1. The van der Waals surface area contributed by atoms with E-state index >= 15 is 0 Å². The minimum atomic E-state index is -0.472. The number of fused-ring (bicyclic) bond motifs is 1. The molecule has 0 spiro atoms. The average molecular weight is 205 g/mol. The molecule has 2 N–H and O–H groups in total. The molecule has 0 atom stereocenters. The molecule has 0 unspecified atom stereocenters. The summed E-state index contributed by atoms with van der Waals surface area (Å²) in [6, 6.07) is 7.25. The van der Waals surface area contributed by atoms with Crippen LogP contribution in [0.4, 0.5) is 0 Å². The molecule has 0 aliphatic heterocycles. The summed E-state index contributed by atoms with van der Waals surface area (Å²) >= 11 is 0. The summed E-state index contributed by atoms with van der Waals surface area (Å²) in [5.74, 6) is -0.262. The van der Waals surface area contributed by atoms with Crippen molar-refractivity contribution < 1.29 is 13.9 Å². The highest BCUT2D eigenvalue weighted by atomic mass is 16.5. The number of hydrogen-bond donors (Lipinski definition) is 1. The Hall–Kier alpha value is -1.81. The molecule has 78 valence electrons. The topological polar surface area (TPSA) is 65.5 Å². The first kappa shape index (κ1) is 9.73. The lowest BCUT2D eigenvalue weighted by atomic mass is 10.2. The van der Waals surface area contributed by atoms with Crippen molar-refractivity contribution >= 4 is 16.9 Å². The Kier molecular flexibility index (Phi) is 2.43. The van der Waals surface area contributed by atoms with Gasteiger partial charge in [0.2, 0.25) is 5.76 Å².